The first-order valence-corrected chi connectivity index (χ1v) is 6.91. The van der Waals surface area contributed by atoms with Gasteiger partial charge in [0.15, 0.2) is 0 Å². The molecule has 3 heterocycles. The lowest BCUT2D eigenvalue weighted by molar-refractivity contribution is 0.0724. The van der Waals surface area contributed by atoms with Crippen molar-refractivity contribution in [1.82, 2.24) is 20.1 Å². The highest BCUT2D eigenvalue weighted by Crippen LogP contribution is 2.24. The summed E-state index contributed by atoms with van der Waals surface area (Å²) in [6.07, 6.45) is 1.69. The number of aryl methyl sites for hydroxylation is 1. The number of H-pyrrole nitrogens is 1. The van der Waals surface area contributed by atoms with Gasteiger partial charge in [-0.2, -0.15) is 0 Å². The molecule has 0 saturated carbocycles. The van der Waals surface area contributed by atoms with E-state index in [0.29, 0.717) is 6.54 Å². The van der Waals surface area contributed by atoms with E-state index in [4.69, 9.17) is 0 Å². The number of carbonyl (C=O) groups is 1. The predicted molar refractivity (Wildman–Crippen MR) is 68.5 cm³/mol. The molecule has 0 saturated heterocycles. The highest BCUT2D eigenvalue weighted by atomic mass is 32.1. The fraction of sp³-hybridized carbons (Fsp3) is 0.417. The van der Waals surface area contributed by atoms with Gasteiger partial charge in [0.1, 0.15) is 5.82 Å². The number of hydrogen-bond acceptors (Lipinski definition) is 4. The third kappa shape index (κ3) is 1.92. The van der Waals surface area contributed by atoms with Crippen LogP contribution >= 0.6 is 11.3 Å². The van der Waals surface area contributed by atoms with Gasteiger partial charge >= 0.3 is 0 Å². The number of nitrogens with zero attached hydrogens (tertiary/aromatic N) is 3. The summed E-state index contributed by atoms with van der Waals surface area (Å²) in [4.78, 5) is 19.6. The Hall–Kier alpha value is -1.69. The third-order valence-electron chi connectivity index (χ3n) is 3.15. The normalized spacial score (nSPS) is 14.6. The molecule has 0 atom stereocenters. The Labute approximate surface area is 109 Å². The number of carbonyl (C=O) groups excluding carboxylic acids is 1. The molecule has 0 aromatic carbocycles. The smallest absolute Gasteiger partial charge is 0.293 e. The van der Waals surface area contributed by atoms with Crippen molar-refractivity contribution in [2.45, 2.75) is 26.3 Å². The summed E-state index contributed by atoms with van der Waals surface area (Å²) in [5.41, 5.74) is 1.26. The van der Waals surface area contributed by atoms with Gasteiger partial charge in [-0.25, -0.2) is 4.98 Å². The number of amides is 1. The van der Waals surface area contributed by atoms with Crippen molar-refractivity contribution in [2.24, 2.45) is 0 Å². The van der Waals surface area contributed by atoms with Crippen molar-refractivity contribution in [1.29, 1.82) is 0 Å². The summed E-state index contributed by atoms with van der Waals surface area (Å²) < 4.78 is 0. The molecule has 1 aliphatic heterocycles. The topological polar surface area (TPSA) is 61.9 Å². The Morgan fingerprint density at radius 1 is 1.61 bits per heavy atom. The van der Waals surface area contributed by atoms with Crippen LogP contribution in [0.15, 0.2) is 11.4 Å². The highest BCUT2D eigenvalue weighted by molar-refractivity contribution is 7.10. The Morgan fingerprint density at radius 2 is 2.50 bits per heavy atom. The molecular weight excluding hydrogens is 248 g/mol. The predicted octanol–water partition coefficient (Wildman–Crippen LogP) is 1.63. The van der Waals surface area contributed by atoms with Crippen LogP contribution in [-0.4, -0.2) is 32.5 Å². The molecule has 1 aliphatic rings. The third-order valence-corrected chi connectivity index (χ3v) is 4.18. The minimum atomic E-state index is -0.0807. The van der Waals surface area contributed by atoms with Crippen LogP contribution in [0.1, 0.15) is 33.8 Å². The number of nitrogens with one attached hydrogen (secondary N) is 1. The van der Waals surface area contributed by atoms with Crippen LogP contribution in [0.4, 0.5) is 0 Å². The summed E-state index contributed by atoms with van der Waals surface area (Å²) in [6.45, 7) is 3.41. The zero-order chi connectivity index (χ0) is 12.5. The fourth-order valence-electron chi connectivity index (χ4n) is 2.11. The van der Waals surface area contributed by atoms with Crippen LogP contribution in [0, 0.1) is 0 Å². The molecule has 5 nitrogen and oxygen atoms in total. The molecule has 0 fully saturated rings. The van der Waals surface area contributed by atoms with Crippen molar-refractivity contribution in [3.63, 3.8) is 0 Å². The highest BCUT2D eigenvalue weighted by Gasteiger charge is 2.24. The van der Waals surface area contributed by atoms with Gasteiger partial charge < -0.3 is 4.90 Å². The van der Waals surface area contributed by atoms with Gasteiger partial charge in [-0.1, -0.05) is 6.92 Å². The van der Waals surface area contributed by atoms with E-state index in [1.54, 1.807) is 11.3 Å². The van der Waals surface area contributed by atoms with Crippen molar-refractivity contribution < 1.29 is 4.79 Å². The molecular formula is C12H14N4OS. The second kappa shape index (κ2) is 4.53. The van der Waals surface area contributed by atoms with E-state index in [1.165, 1.54) is 10.4 Å². The zero-order valence-corrected chi connectivity index (χ0v) is 11.0. The molecule has 0 aliphatic carbocycles. The van der Waals surface area contributed by atoms with Crippen molar-refractivity contribution in [3.05, 3.63) is 33.5 Å². The average molecular weight is 262 g/mol. The summed E-state index contributed by atoms with van der Waals surface area (Å²) in [6, 6.07) is 2.09. The molecule has 0 bridgehead atoms. The van der Waals surface area contributed by atoms with Gasteiger partial charge in [-0.15, -0.1) is 16.4 Å². The van der Waals surface area contributed by atoms with E-state index >= 15 is 0 Å². The summed E-state index contributed by atoms with van der Waals surface area (Å²) in [5.74, 6) is 0.958. The van der Waals surface area contributed by atoms with Crippen molar-refractivity contribution in [3.8, 4) is 0 Å². The molecule has 94 valence electrons. The lowest BCUT2D eigenvalue weighted by Crippen LogP contribution is -2.36. The molecule has 2 aromatic rings. The van der Waals surface area contributed by atoms with E-state index in [2.05, 4.69) is 26.6 Å². The Balaban J connectivity index is 1.78. The van der Waals surface area contributed by atoms with Crippen LogP contribution in [0.2, 0.25) is 0 Å². The van der Waals surface area contributed by atoms with Crippen LogP contribution in [-0.2, 0) is 19.4 Å². The van der Waals surface area contributed by atoms with E-state index in [0.717, 1.165) is 25.2 Å². The average Bonchev–Trinajstić information content (AvgIpc) is 3.05. The van der Waals surface area contributed by atoms with Gasteiger partial charge in [0.05, 0.1) is 0 Å². The Bertz CT molecular complexity index is 574. The van der Waals surface area contributed by atoms with Crippen LogP contribution < -0.4 is 0 Å². The monoisotopic (exact) mass is 262 g/mol. The maximum Gasteiger partial charge on any atom is 0.293 e. The summed E-state index contributed by atoms with van der Waals surface area (Å²) >= 11 is 1.77. The lowest BCUT2D eigenvalue weighted by atomic mass is 10.1. The van der Waals surface area contributed by atoms with E-state index < -0.39 is 0 Å². The van der Waals surface area contributed by atoms with Gasteiger partial charge in [0.25, 0.3) is 5.91 Å². The Kier molecular flexibility index (Phi) is 2.87. The number of aromatic amines is 1. The first kappa shape index (κ1) is 11.4. The SMILES string of the molecule is CCc1nc(C(=O)N2CCc3sccc3C2)n[nH]1. The quantitative estimate of drug-likeness (QED) is 0.894. The number of rotatable bonds is 2. The molecule has 18 heavy (non-hydrogen) atoms. The lowest BCUT2D eigenvalue weighted by Gasteiger charge is -2.25. The largest absolute Gasteiger partial charge is 0.331 e. The molecule has 0 radical (unpaired) electrons. The van der Waals surface area contributed by atoms with Gasteiger partial charge in [0.2, 0.25) is 5.82 Å². The standard InChI is InChI=1S/C12H14N4OS/c1-2-10-13-11(15-14-10)12(17)16-5-3-9-8(7-16)4-6-18-9/h4,6H,2-3,5,7H2,1H3,(H,13,14,15). The van der Waals surface area contributed by atoms with E-state index in [1.807, 2.05) is 11.8 Å². The summed E-state index contributed by atoms with van der Waals surface area (Å²) in [7, 11) is 0. The minimum Gasteiger partial charge on any atom is -0.331 e. The second-order valence-corrected chi connectivity index (χ2v) is 5.31. The van der Waals surface area contributed by atoms with Crippen LogP contribution in [0.3, 0.4) is 0 Å². The van der Waals surface area contributed by atoms with Crippen molar-refractivity contribution in [2.75, 3.05) is 6.54 Å². The molecule has 3 rings (SSSR count). The van der Waals surface area contributed by atoms with Crippen molar-refractivity contribution >= 4 is 17.2 Å². The van der Waals surface area contributed by atoms with Crippen LogP contribution in [0.25, 0.3) is 0 Å². The molecule has 0 unspecified atom stereocenters. The molecule has 2 aromatic heterocycles. The number of hydrogen-bond donors (Lipinski definition) is 1. The molecule has 1 amide bonds. The minimum absolute atomic E-state index is 0.0807. The maximum atomic E-state index is 12.2. The van der Waals surface area contributed by atoms with E-state index in [9.17, 15) is 4.79 Å². The number of aromatic nitrogens is 3. The molecule has 0 spiro atoms. The van der Waals surface area contributed by atoms with Gasteiger partial charge in [-0.05, 0) is 23.4 Å². The molecule has 6 heteroatoms. The first-order valence-electron chi connectivity index (χ1n) is 6.03. The first-order chi connectivity index (χ1) is 8.78. The van der Waals surface area contributed by atoms with Crippen LogP contribution in [0.5, 0.6) is 0 Å². The second-order valence-electron chi connectivity index (χ2n) is 4.30. The fourth-order valence-corrected chi connectivity index (χ4v) is 3.00. The summed E-state index contributed by atoms with van der Waals surface area (Å²) in [5, 5.41) is 8.85. The molecule has 1 N–H and O–H groups in total. The van der Waals surface area contributed by atoms with E-state index in [-0.39, 0.29) is 11.7 Å². The number of fused-ring (bicyclic) bond motifs is 1. The number of thiophene rings is 1. The maximum absolute atomic E-state index is 12.2. The van der Waals surface area contributed by atoms with Gasteiger partial charge in [0, 0.05) is 24.4 Å². The Morgan fingerprint density at radius 3 is 3.28 bits per heavy atom. The van der Waals surface area contributed by atoms with Gasteiger partial charge in [-0.3, -0.25) is 9.89 Å². The zero-order valence-electron chi connectivity index (χ0n) is 10.1.